The van der Waals surface area contributed by atoms with Crippen LogP contribution in [0.25, 0.3) is 0 Å². The summed E-state index contributed by atoms with van der Waals surface area (Å²) in [5, 5.41) is 0. The highest BCUT2D eigenvalue weighted by Gasteiger charge is 2.25. The molecule has 1 aliphatic heterocycles. The molecule has 4 unspecified atom stereocenters. The highest BCUT2D eigenvalue weighted by atomic mass is 16.5. The molecule has 0 spiro atoms. The van der Waals surface area contributed by atoms with Crippen LogP contribution < -0.4 is 0 Å². The average Bonchev–Trinajstić information content (AvgIpc) is 2.72. The molecule has 1 aliphatic carbocycles. The van der Waals surface area contributed by atoms with Crippen LogP contribution in [-0.4, -0.2) is 12.2 Å². The molecular weight excluding hydrogens is 172 g/mol. The lowest BCUT2D eigenvalue weighted by Gasteiger charge is -2.14. The lowest BCUT2D eigenvalue weighted by Crippen LogP contribution is -2.09. The van der Waals surface area contributed by atoms with E-state index in [1.54, 1.807) is 0 Å². The van der Waals surface area contributed by atoms with Crippen molar-refractivity contribution in [1.29, 1.82) is 0 Å². The van der Waals surface area contributed by atoms with E-state index in [0.29, 0.717) is 12.2 Å². The molecular formula is C13H24O. The predicted octanol–water partition coefficient (Wildman–Crippen LogP) is 3.77. The van der Waals surface area contributed by atoms with Crippen molar-refractivity contribution in [3.63, 3.8) is 0 Å². The normalized spacial score (nSPS) is 43.3. The summed E-state index contributed by atoms with van der Waals surface area (Å²) in [6, 6.07) is 0. The SMILES string of the molecule is CC1CCC(CCC2CCC(C)O2)C1. The van der Waals surface area contributed by atoms with E-state index >= 15 is 0 Å². The molecule has 1 heterocycles. The Morgan fingerprint density at radius 2 is 1.86 bits per heavy atom. The van der Waals surface area contributed by atoms with Crippen molar-refractivity contribution in [3.05, 3.63) is 0 Å². The zero-order chi connectivity index (χ0) is 9.97. The Morgan fingerprint density at radius 1 is 1.00 bits per heavy atom. The number of rotatable bonds is 3. The summed E-state index contributed by atoms with van der Waals surface area (Å²) in [5.74, 6) is 2.01. The van der Waals surface area contributed by atoms with Crippen LogP contribution in [0.5, 0.6) is 0 Å². The van der Waals surface area contributed by atoms with Gasteiger partial charge in [-0.15, -0.1) is 0 Å². The maximum absolute atomic E-state index is 5.85. The first-order valence-electron chi connectivity index (χ1n) is 6.39. The van der Waals surface area contributed by atoms with E-state index in [-0.39, 0.29) is 0 Å². The second-order valence-corrected chi connectivity index (χ2v) is 5.51. The first kappa shape index (κ1) is 10.5. The first-order valence-corrected chi connectivity index (χ1v) is 6.39. The summed E-state index contributed by atoms with van der Waals surface area (Å²) in [7, 11) is 0. The Labute approximate surface area is 88.2 Å². The molecule has 4 atom stereocenters. The van der Waals surface area contributed by atoms with Crippen LogP contribution in [0.15, 0.2) is 0 Å². The minimum absolute atomic E-state index is 0.530. The Morgan fingerprint density at radius 3 is 2.43 bits per heavy atom. The van der Waals surface area contributed by atoms with Gasteiger partial charge in [-0.05, 0) is 50.9 Å². The highest BCUT2D eigenvalue weighted by Crippen LogP contribution is 2.35. The van der Waals surface area contributed by atoms with E-state index in [1.165, 1.54) is 44.9 Å². The Kier molecular flexibility index (Phi) is 3.48. The number of ether oxygens (including phenoxy) is 1. The number of hydrogen-bond acceptors (Lipinski definition) is 1. The van der Waals surface area contributed by atoms with Crippen LogP contribution >= 0.6 is 0 Å². The average molecular weight is 196 g/mol. The van der Waals surface area contributed by atoms with E-state index in [1.807, 2.05) is 0 Å². The zero-order valence-corrected chi connectivity index (χ0v) is 9.67. The molecule has 0 radical (unpaired) electrons. The van der Waals surface area contributed by atoms with Gasteiger partial charge < -0.3 is 4.74 Å². The fraction of sp³-hybridized carbons (Fsp3) is 1.00. The van der Waals surface area contributed by atoms with E-state index < -0.39 is 0 Å². The molecule has 0 amide bonds. The third-order valence-electron chi connectivity index (χ3n) is 4.02. The quantitative estimate of drug-likeness (QED) is 0.667. The molecule has 0 aromatic rings. The van der Waals surface area contributed by atoms with Crippen LogP contribution in [0.3, 0.4) is 0 Å². The van der Waals surface area contributed by atoms with Gasteiger partial charge in [-0.2, -0.15) is 0 Å². The van der Waals surface area contributed by atoms with Gasteiger partial charge in [0, 0.05) is 0 Å². The van der Waals surface area contributed by atoms with Gasteiger partial charge in [-0.25, -0.2) is 0 Å². The van der Waals surface area contributed by atoms with E-state index in [2.05, 4.69) is 13.8 Å². The minimum Gasteiger partial charge on any atom is -0.375 e. The third kappa shape index (κ3) is 2.73. The summed E-state index contributed by atoms with van der Waals surface area (Å²) in [6.45, 7) is 4.60. The molecule has 0 aromatic carbocycles. The molecule has 2 rings (SSSR count). The first-order chi connectivity index (χ1) is 6.74. The monoisotopic (exact) mass is 196 g/mol. The molecule has 14 heavy (non-hydrogen) atoms. The van der Waals surface area contributed by atoms with Gasteiger partial charge in [0.25, 0.3) is 0 Å². The molecule has 0 bridgehead atoms. The Bertz CT molecular complexity index is 158. The van der Waals surface area contributed by atoms with Gasteiger partial charge in [-0.3, -0.25) is 0 Å². The predicted molar refractivity (Wildman–Crippen MR) is 59.3 cm³/mol. The smallest absolute Gasteiger partial charge is 0.0579 e. The van der Waals surface area contributed by atoms with Crippen molar-refractivity contribution in [2.45, 2.75) is 71.0 Å². The number of hydrogen-bond donors (Lipinski definition) is 0. The van der Waals surface area contributed by atoms with Crippen molar-refractivity contribution in [2.75, 3.05) is 0 Å². The van der Waals surface area contributed by atoms with Gasteiger partial charge in [0.1, 0.15) is 0 Å². The van der Waals surface area contributed by atoms with E-state index in [4.69, 9.17) is 4.74 Å². The summed E-state index contributed by atoms with van der Waals surface area (Å²) < 4.78 is 5.85. The Balaban J connectivity index is 1.63. The standard InChI is InChI=1S/C13H24O/c1-10-3-5-12(9-10)6-8-13-7-4-11(2)14-13/h10-13H,3-9H2,1-2H3. The van der Waals surface area contributed by atoms with Crippen molar-refractivity contribution < 1.29 is 4.74 Å². The van der Waals surface area contributed by atoms with Crippen LogP contribution in [-0.2, 0) is 4.74 Å². The van der Waals surface area contributed by atoms with Crippen LogP contribution in [0, 0.1) is 11.8 Å². The molecule has 1 heteroatoms. The molecule has 1 saturated carbocycles. The fourth-order valence-electron chi connectivity index (χ4n) is 3.11. The minimum atomic E-state index is 0.530. The molecule has 1 saturated heterocycles. The highest BCUT2D eigenvalue weighted by molar-refractivity contribution is 4.76. The van der Waals surface area contributed by atoms with Gasteiger partial charge in [-0.1, -0.05) is 19.8 Å². The van der Waals surface area contributed by atoms with Crippen LogP contribution in [0.1, 0.15) is 58.8 Å². The molecule has 2 aliphatic rings. The summed E-state index contributed by atoms with van der Waals surface area (Å²) in [4.78, 5) is 0. The van der Waals surface area contributed by atoms with Gasteiger partial charge in [0.05, 0.1) is 12.2 Å². The van der Waals surface area contributed by atoms with Crippen molar-refractivity contribution in [2.24, 2.45) is 11.8 Å². The second kappa shape index (κ2) is 4.65. The van der Waals surface area contributed by atoms with Gasteiger partial charge in [0.2, 0.25) is 0 Å². The maximum Gasteiger partial charge on any atom is 0.0579 e. The maximum atomic E-state index is 5.85. The zero-order valence-electron chi connectivity index (χ0n) is 9.67. The van der Waals surface area contributed by atoms with E-state index in [9.17, 15) is 0 Å². The van der Waals surface area contributed by atoms with Crippen molar-refractivity contribution in [3.8, 4) is 0 Å². The lowest BCUT2D eigenvalue weighted by atomic mass is 9.97. The van der Waals surface area contributed by atoms with Crippen molar-refractivity contribution in [1.82, 2.24) is 0 Å². The van der Waals surface area contributed by atoms with Crippen LogP contribution in [0.2, 0.25) is 0 Å². The summed E-state index contributed by atoms with van der Waals surface area (Å²) in [6.07, 6.45) is 10.9. The van der Waals surface area contributed by atoms with Gasteiger partial charge >= 0.3 is 0 Å². The second-order valence-electron chi connectivity index (χ2n) is 5.51. The van der Waals surface area contributed by atoms with Gasteiger partial charge in [0.15, 0.2) is 0 Å². The summed E-state index contributed by atoms with van der Waals surface area (Å²) in [5.41, 5.74) is 0. The van der Waals surface area contributed by atoms with E-state index in [0.717, 1.165) is 11.8 Å². The molecule has 82 valence electrons. The summed E-state index contributed by atoms with van der Waals surface area (Å²) >= 11 is 0. The Hall–Kier alpha value is -0.0400. The molecule has 1 nitrogen and oxygen atoms in total. The lowest BCUT2D eigenvalue weighted by molar-refractivity contribution is 0.0471. The molecule has 0 N–H and O–H groups in total. The third-order valence-corrected chi connectivity index (χ3v) is 4.02. The largest absolute Gasteiger partial charge is 0.375 e. The molecule has 2 fully saturated rings. The van der Waals surface area contributed by atoms with Crippen LogP contribution in [0.4, 0.5) is 0 Å². The topological polar surface area (TPSA) is 9.23 Å². The fourth-order valence-corrected chi connectivity index (χ4v) is 3.11. The molecule has 0 aromatic heterocycles. The van der Waals surface area contributed by atoms with Crippen molar-refractivity contribution >= 4 is 0 Å².